The topological polar surface area (TPSA) is 92.9 Å². The summed E-state index contributed by atoms with van der Waals surface area (Å²) in [6.45, 7) is 2.49. The van der Waals surface area contributed by atoms with Crippen LogP contribution in [0.5, 0.6) is 5.75 Å². The number of aromatic nitrogens is 1. The Bertz CT molecular complexity index is 1430. The number of rotatable bonds is 11. The van der Waals surface area contributed by atoms with Crippen LogP contribution in [-0.4, -0.2) is 40.5 Å². The highest BCUT2D eigenvalue weighted by atomic mass is 35.5. The Labute approximate surface area is 234 Å². The van der Waals surface area contributed by atoms with Gasteiger partial charge in [-0.25, -0.2) is 4.98 Å². The van der Waals surface area contributed by atoms with Crippen molar-refractivity contribution in [3.8, 4) is 17.2 Å². The molecule has 2 aromatic carbocycles. The average Bonchev–Trinajstić information content (AvgIpc) is 3.43. The van der Waals surface area contributed by atoms with Gasteiger partial charge in [0, 0.05) is 32.0 Å². The second-order valence-corrected chi connectivity index (χ2v) is 11.0. The molecule has 2 heterocycles. The summed E-state index contributed by atoms with van der Waals surface area (Å²) in [7, 11) is 1.66. The van der Waals surface area contributed by atoms with Gasteiger partial charge < -0.3 is 19.2 Å². The van der Waals surface area contributed by atoms with Crippen molar-refractivity contribution in [1.82, 2.24) is 9.88 Å². The van der Waals surface area contributed by atoms with Crippen molar-refractivity contribution in [3.05, 3.63) is 91.4 Å². The number of aliphatic carboxylic acids is 1. The van der Waals surface area contributed by atoms with Crippen molar-refractivity contribution >= 4 is 46.4 Å². The van der Waals surface area contributed by atoms with Gasteiger partial charge in [0.05, 0.1) is 22.2 Å². The van der Waals surface area contributed by atoms with E-state index in [-0.39, 0.29) is 18.9 Å². The van der Waals surface area contributed by atoms with Gasteiger partial charge >= 0.3 is 5.97 Å². The largest absolute Gasteiger partial charge is 0.493 e. The molecule has 198 valence electrons. The minimum Gasteiger partial charge on any atom is -0.493 e. The predicted molar refractivity (Wildman–Crippen MR) is 148 cm³/mol. The monoisotopic (exact) mass is 572 g/mol. The number of amides is 1. The van der Waals surface area contributed by atoms with Crippen LogP contribution in [-0.2, 0) is 24.2 Å². The first-order valence-electron chi connectivity index (χ1n) is 11.9. The number of hydrogen-bond donors (Lipinski definition) is 1. The van der Waals surface area contributed by atoms with E-state index in [0.717, 1.165) is 39.5 Å². The summed E-state index contributed by atoms with van der Waals surface area (Å²) >= 11 is 13.3. The molecular formula is C28H26Cl2N2O5S. The summed E-state index contributed by atoms with van der Waals surface area (Å²) < 4.78 is 12.6. The highest BCUT2D eigenvalue weighted by Crippen LogP contribution is 2.32. The molecule has 0 unspecified atom stereocenters. The van der Waals surface area contributed by atoms with E-state index in [1.165, 1.54) is 4.90 Å². The number of hydrogen-bond acceptors (Lipinski definition) is 6. The lowest BCUT2D eigenvalue weighted by molar-refractivity contribution is -0.136. The molecule has 0 saturated heterocycles. The summed E-state index contributed by atoms with van der Waals surface area (Å²) in [6.07, 6.45) is 0.860. The van der Waals surface area contributed by atoms with Crippen LogP contribution in [0.1, 0.15) is 39.4 Å². The first kappa shape index (κ1) is 27.7. The zero-order chi connectivity index (χ0) is 27.2. The van der Waals surface area contributed by atoms with E-state index in [1.54, 1.807) is 13.1 Å². The maximum atomic E-state index is 13.0. The fourth-order valence-electron chi connectivity index (χ4n) is 3.97. The van der Waals surface area contributed by atoms with Gasteiger partial charge in [-0.3, -0.25) is 9.59 Å². The maximum absolute atomic E-state index is 13.0. The van der Waals surface area contributed by atoms with Crippen molar-refractivity contribution in [2.45, 2.75) is 32.7 Å². The number of thiophene rings is 1. The molecule has 10 heteroatoms. The Kier molecular flexibility index (Phi) is 9.09. The number of carbonyl (C=O) groups is 2. The maximum Gasteiger partial charge on any atom is 0.303 e. The molecule has 0 aliphatic rings. The van der Waals surface area contributed by atoms with Gasteiger partial charge in [-0.05, 0) is 54.8 Å². The number of oxazole rings is 1. The zero-order valence-corrected chi connectivity index (χ0v) is 23.2. The van der Waals surface area contributed by atoms with Crippen LogP contribution in [0, 0.1) is 6.92 Å². The number of benzene rings is 2. The smallest absolute Gasteiger partial charge is 0.303 e. The Hall–Kier alpha value is -3.33. The van der Waals surface area contributed by atoms with Gasteiger partial charge in [-0.1, -0.05) is 47.5 Å². The van der Waals surface area contributed by atoms with Crippen molar-refractivity contribution < 1.29 is 23.8 Å². The number of nitrogens with zero attached hydrogens (tertiary/aromatic N) is 2. The third-order valence-electron chi connectivity index (χ3n) is 5.95. The molecule has 7 nitrogen and oxygen atoms in total. The molecule has 0 saturated carbocycles. The second kappa shape index (κ2) is 12.5. The highest BCUT2D eigenvalue weighted by molar-refractivity contribution is 7.20. The third-order valence-corrected chi connectivity index (χ3v) is 7.44. The molecule has 4 aromatic rings. The Balaban J connectivity index is 1.46. The normalized spacial score (nSPS) is 10.9. The number of aryl methyl sites for hydroxylation is 2. The van der Waals surface area contributed by atoms with Crippen LogP contribution in [0.25, 0.3) is 11.5 Å². The number of ether oxygens (including phenoxy) is 1. The SMILES string of the molecule is Cc1oc(-c2ccccc2)nc1CCOc1ccc(CCC(=O)O)c(CN(C)C(=O)c2cc(Cl)sc2Cl)c1. The molecule has 0 bridgehead atoms. The molecule has 4 rings (SSSR count). The van der Waals surface area contributed by atoms with E-state index < -0.39 is 5.97 Å². The highest BCUT2D eigenvalue weighted by Gasteiger charge is 2.20. The summed E-state index contributed by atoms with van der Waals surface area (Å²) in [6, 6.07) is 16.7. The van der Waals surface area contributed by atoms with Gasteiger partial charge in [0.25, 0.3) is 5.91 Å². The van der Waals surface area contributed by atoms with E-state index in [4.69, 9.17) is 37.5 Å². The van der Waals surface area contributed by atoms with Crippen molar-refractivity contribution in [2.24, 2.45) is 0 Å². The first-order chi connectivity index (χ1) is 18.2. The van der Waals surface area contributed by atoms with E-state index in [2.05, 4.69) is 4.98 Å². The summed E-state index contributed by atoms with van der Waals surface area (Å²) in [5.74, 6) is 0.760. The molecule has 2 aromatic heterocycles. The number of carboxylic acids is 1. The Morgan fingerprint density at radius 1 is 1.08 bits per heavy atom. The zero-order valence-electron chi connectivity index (χ0n) is 20.9. The van der Waals surface area contributed by atoms with E-state index in [0.29, 0.717) is 45.3 Å². The molecule has 0 radical (unpaired) electrons. The standard InChI is InChI=1S/C28H26Cl2N2O5S/c1-17-23(31-27(37-17)19-6-4-3-5-7-19)12-13-36-21-10-8-18(9-11-25(33)34)20(14-21)16-32(2)28(35)22-15-24(29)38-26(22)30/h3-8,10,14-15H,9,11-13,16H2,1-2H3,(H,33,34). The van der Waals surface area contributed by atoms with Crippen LogP contribution < -0.4 is 4.74 Å². The molecule has 1 N–H and O–H groups in total. The van der Waals surface area contributed by atoms with E-state index >= 15 is 0 Å². The molecular weight excluding hydrogens is 547 g/mol. The predicted octanol–water partition coefficient (Wildman–Crippen LogP) is 6.93. The molecule has 0 spiro atoms. The molecule has 0 aliphatic heterocycles. The lowest BCUT2D eigenvalue weighted by atomic mass is 10.0. The number of halogens is 2. The number of carbonyl (C=O) groups excluding carboxylic acids is 1. The lowest BCUT2D eigenvalue weighted by Crippen LogP contribution is -2.26. The van der Waals surface area contributed by atoms with Crippen molar-refractivity contribution in [1.29, 1.82) is 0 Å². The van der Waals surface area contributed by atoms with Gasteiger partial charge in [-0.15, -0.1) is 11.3 Å². The Morgan fingerprint density at radius 2 is 1.84 bits per heavy atom. The minimum atomic E-state index is -0.891. The van der Waals surface area contributed by atoms with Crippen molar-refractivity contribution in [2.75, 3.05) is 13.7 Å². The van der Waals surface area contributed by atoms with E-state index in [9.17, 15) is 9.59 Å². The van der Waals surface area contributed by atoms with Crippen LogP contribution in [0.4, 0.5) is 0 Å². The van der Waals surface area contributed by atoms with Crippen LogP contribution in [0.15, 0.2) is 59.0 Å². The Morgan fingerprint density at radius 3 is 2.53 bits per heavy atom. The molecule has 38 heavy (non-hydrogen) atoms. The molecule has 1 amide bonds. The quantitative estimate of drug-likeness (QED) is 0.209. The van der Waals surface area contributed by atoms with Gasteiger partial charge in [-0.2, -0.15) is 0 Å². The van der Waals surface area contributed by atoms with Crippen LogP contribution >= 0.6 is 34.5 Å². The lowest BCUT2D eigenvalue weighted by Gasteiger charge is -2.20. The molecule has 0 atom stereocenters. The van der Waals surface area contributed by atoms with Gasteiger partial charge in [0.15, 0.2) is 0 Å². The molecule has 0 aliphatic carbocycles. The average molecular weight is 573 g/mol. The fourth-order valence-corrected chi connectivity index (χ4v) is 5.42. The van der Waals surface area contributed by atoms with Crippen molar-refractivity contribution in [3.63, 3.8) is 0 Å². The summed E-state index contributed by atoms with van der Waals surface area (Å²) in [4.78, 5) is 30.3. The number of carboxylic acid groups (broad SMARTS) is 1. The third kappa shape index (κ3) is 6.95. The summed E-state index contributed by atoms with van der Waals surface area (Å²) in [5, 5.41) is 9.16. The fraction of sp³-hybridized carbons (Fsp3) is 0.250. The van der Waals surface area contributed by atoms with Crippen LogP contribution in [0.2, 0.25) is 8.67 Å². The first-order valence-corrected chi connectivity index (χ1v) is 13.5. The summed E-state index contributed by atoms with van der Waals surface area (Å²) in [5.41, 5.74) is 3.68. The molecule has 0 fully saturated rings. The van der Waals surface area contributed by atoms with Crippen LogP contribution in [0.3, 0.4) is 0 Å². The van der Waals surface area contributed by atoms with Gasteiger partial charge in [0.2, 0.25) is 5.89 Å². The second-order valence-electron chi connectivity index (χ2n) is 8.71. The van der Waals surface area contributed by atoms with Gasteiger partial charge in [0.1, 0.15) is 15.8 Å². The van der Waals surface area contributed by atoms with E-state index in [1.807, 2.05) is 55.5 Å². The minimum absolute atomic E-state index is 0.0218.